The highest BCUT2D eigenvalue weighted by molar-refractivity contribution is 5.88. The van der Waals surface area contributed by atoms with Crippen LogP contribution in [-0.4, -0.2) is 27.1 Å². The van der Waals surface area contributed by atoms with E-state index in [0.29, 0.717) is 18.3 Å². The fourth-order valence-corrected chi connectivity index (χ4v) is 3.30. The summed E-state index contributed by atoms with van der Waals surface area (Å²) >= 11 is 0. The maximum Gasteiger partial charge on any atom is 0.320 e. The van der Waals surface area contributed by atoms with Crippen LogP contribution in [0.1, 0.15) is 29.9 Å². The van der Waals surface area contributed by atoms with Crippen LogP contribution in [0.3, 0.4) is 0 Å². The number of carbonyl (C=O) groups is 1. The summed E-state index contributed by atoms with van der Waals surface area (Å²) in [6.07, 6.45) is 3.83. The Kier molecular flexibility index (Phi) is 4.64. The van der Waals surface area contributed by atoms with Crippen LogP contribution < -0.4 is 10.6 Å². The van der Waals surface area contributed by atoms with Gasteiger partial charge < -0.3 is 5.32 Å². The van der Waals surface area contributed by atoms with Gasteiger partial charge in [0.05, 0.1) is 12.7 Å². The first-order chi connectivity index (χ1) is 12.8. The second kappa shape index (κ2) is 7.39. The molecule has 0 unspecified atom stereocenters. The van der Waals surface area contributed by atoms with E-state index < -0.39 is 0 Å². The van der Waals surface area contributed by atoms with E-state index in [1.165, 1.54) is 5.56 Å². The normalized spacial score (nSPS) is 18.8. The van der Waals surface area contributed by atoms with Crippen molar-refractivity contribution in [3.63, 3.8) is 0 Å². The van der Waals surface area contributed by atoms with Gasteiger partial charge in [-0.25, -0.2) is 9.48 Å². The van der Waals surface area contributed by atoms with E-state index in [4.69, 9.17) is 0 Å². The number of benzene rings is 2. The zero-order valence-electron chi connectivity index (χ0n) is 14.4. The molecule has 1 aliphatic carbocycles. The molecule has 1 aliphatic rings. The molecule has 2 atom stereocenters. The number of aromatic nitrogens is 3. The zero-order chi connectivity index (χ0) is 17.8. The summed E-state index contributed by atoms with van der Waals surface area (Å²) in [5.74, 6) is 0.838. The van der Waals surface area contributed by atoms with E-state index in [9.17, 15) is 4.79 Å². The first kappa shape index (κ1) is 16.3. The molecule has 6 nitrogen and oxygen atoms in total. The van der Waals surface area contributed by atoms with E-state index >= 15 is 0 Å². The second-order valence-electron chi connectivity index (χ2n) is 6.59. The largest absolute Gasteiger partial charge is 0.334 e. The fourth-order valence-electron chi connectivity index (χ4n) is 3.30. The maximum absolute atomic E-state index is 12.3. The SMILES string of the molecule is O=C(Nc1cn(Cc2ccccc2)nn1)N[C@@H]1CC[C@@H]1c1ccccc1. The molecule has 0 radical (unpaired) electrons. The molecular formula is C20H21N5O. The Morgan fingerprint density at radius 1 is 1.04 bits per heavy atom. The van der Waals surface area contributed by atoms with Gasteiger partial charge in [0.1, 0.15) is 0 Å². The molecule has 1 saturated carbocycles. The lowest BCUT2D eigenvalue weighted by molar-refractivity contribution is 0.231. The average molecular weight is 347 g/mol. The minimum Gasteiger partial charge on any atom is -0.334 e. The molecule has 2 N–H and O–H groups in total. The highest BCUT2D eigenvalue weighted by Gasteiger charge is 2.33. The van der Waals surface area contributed by atoms with E-state index in [-0.39, 0.29) is 12.1 Å². The van der Waals surface area contributed by atoms with Crippen molar-refractivity contribution in [2.45, 2.75) is 31.3 Å². The second-order valence-corrected chi connectivity index (χ2v) is 6.59. The van der Waals surface area contributed by atoms with Gasteiger partial charge in [-0.15, -0.1) is 5.10 Å². The summed E-state index contributed by atoms with van der Waals surface area (Å²) in [4.78, 5) is 12.3. The molecule has 1 heterocycles. The third-order valence-electron chi connectivity index (χ3n) is 4.79. The van der Waals surface area contributed by atoms with Crippen molar-refractivity contribution in [3.05, 3.63) is 78.0 Å². The third kappa shape index (κ3) is 3.74. The Hall–Kier alpha value is -3.15. The highest BCUT2D eigenvalue weighted by atomic mass is 16.2. The number of urea groups is 1. The van der Waals surface area contributed by atoms with Crippen molar-refractivity contribution in [2.75, 3.05) is 5.32 Å². The van der Waals surface area contributed by atoms with Gasteiger partial charge in [0.15, 0.2) is 5.82 Å². The summed E-state index contributed by atoms with van der Waals surface area (Å²) in [6.45, 7) is 0.621. The molecular weight excluding hydrogens is 326 g/mol. The van der Waals surface area contributed by atoms with Gasteiger partial charge >= 0.3 is 6.03 Å². The van der Waals surface area contributed by atoms with Crippen LogP contribution in [0.2, 0.25) is 0 Å². The molecule has 6 heteroatoms. The number of nitrogens with one attached hydrogen (secondary N) is 2. The first-order valence-electron chi connectivity index (χ1n) is 8.84. The monoisotopic (exact) mass is 347 g/mol. The van der Waals surface area contributed by atoms with Crippen molar-refractivity contribution in [1.29, 1.82) is 0 Å². The lowest BCUT2D eigenvalue weighted by Gasteiger charge is -2.37. The topological polar surface area (TPSA) is 71.8 Å². The molecule has 132 valence electrons. The molecule has 4 rings (SSSR count). The number of amides is 2. The predicted molar refractivity (Wildman–Crippen MR) is 99.9 cm³/mol. The van der Waals surface area contributed by atoms with Gasteiger partial charge in [-0.1, -0.05) is 65.9 Å². The molecule has 0 bridgehead atoms. The lowest BCUT2D eigenvalue weighted by Crippen LogP contribution is -2.47. The summed E-state index contributed by atoms with van der Waals surface area (Å²) in [7, 11) is 0. The van der Waals surface area contributed by atoms with Gasteiger partial charge in [0, 0.05) is 12.0 Å². The first-order valence-corrected chi connectivity index (χ1v) is 8.84. The molecule has 0 spiro atoms. The molecule has 1 fully saturated rings. The van der Waals surface area contributed by atoms with Crippen LogP contribution in [0.4, 0.5) is 10.6 Å². The minimum absolute atomic E-state index is 0.164. The Labute approximate surface area is 152 Å². The van der Waals surface area contributed by atoms with Crippen LogP contribution in [0.5, 0.6) is 0 Å². The summed E-state index contributed by atoms with van der Waals surface area (Å²) < 4.78 is 1.71. The highest BCUT2D eigenvalue weighted by Crippen LogP contribution is 2.36. The van der Waals surface area contributed by atoms with Gasteiger partial charge in [0.25, 0.3) is 0 Å². The molecule has 2 aromatic carbocycles. The molecule has 0 aliphatic heterocycles. The summed E-state index contributed by atoms with van der Waals surface area (Å²) in [5.41, 5.74) is 2.41. The van der Waals surface area contributed by atoms with Gasteiger partial charge in [0.2, 0.25) is 0 Å². The lowest BCUT2D eigenvalue weighted by atomic mass is 9.75. The summed E-state index contributed by atoms with van der Waals surface area (Å²) in [5, 5.41) is 13.9. The average Bonchev–Trinajstić information content (AvgIpc) is 3.07. The van der Waals surface area contributed by atoms with Gasteiger partial charge in [-0.3, -0.25) is 5.32 Å². The Morgan fingerprint density at radius 2 is 1.77 bits per heavy atom. The summed E-state index contributed by atoms with van der Waals surface area (Å²) in [6, 6.07) is 20.3. The number of carbonyl (C=O) groups excluding carboxylic acids is 1. The Balaban J connectivity index is 1.31. The van der Waals surface area contributed by atoms with Crippen molar-refractivity contribution >= 4 is 11.8 Å². The minimum atomic E-state index is -0.234. The van der Waals surface area contributed by atoms with Crippen LogP contribution in [0.25, 0.3) is 0 Å². The Morgan fingerprint density at radius 3 is 2.46 bits per heavy atom. The predicted octanol–water partition coefficient (Wildman–Crippen LogP) is 3.39. The van der Waals surface area contributed by atoms with Crippen molar-refractivity contribution < 1.29 is 4.79 Å². The van der Waals surface area contributed by atoms with E-state index in [2.05, 4.69) is 33.1 Å². The maximum atomic E-state index is 12.3. The number of hydrogen-bond donors (Lipinski definition) is 2. The fraction of sp³-hybridized carbons (Fsp3) is 0.250. The van der Waals surface area contributed by atoms with Crippen LogP contribution in [0.15, 0.2) is 66.9 Å². The number of anilines is 1. The van der Waals surface area contributed by atoms with E-state index in [1.54, 1.807) is 10.9 Å². The van der Waals surface area contributed by atoms with Gasteiger partial charge in [-0.05, 0) is 24.0 Å². The number of hydrogen-bond acceptors (Lipinski definition) is 3. The third-order valence-corrected chi connectivity index (χ3v) is 4.79. The molecule has 1 aromatic heterocycles. The smallest absolute Gasteiger partial charge is 0.320 e. The van der Waals surface area contributed by atoms with Crippen LogP contribution in [0, 0.1) is 0 Å². The standard InChI is InChI=1S/C20H21N5O/c26-20(21-18-12-11-17(18)16-9-5-2-6-10-16)22-19-14-25(24-23-19)13-15-7-3-1-4-8-15/h1-10,14,17-18H,11-13H2,(H2,21,22,26)/t17-,18-/m1/s1. The van der Waals surface area contributed by atoms with E-state index in [1.807, 2.05) is 48.5 Å². The Bertz CT molecular complexity index is 862. The van der Waals surface area contributed by atoms with Crippen molar-refractivity contribution in [2.24, 2.45) is 0 Å². The number of rotatable bonds is 5. The van der Waals surface area contributed by atoms with Crippen molar-refractivity contribution in [1.82, 2.24) is 20.3 Å². The zero-order valence-corrected chi connectivity index (χ0v) is 14.4. The van der Waals surface area contributed by atoms with Gasteiger partial charge in [-0.2, -0.15) is 0 Å². The van der Waals surface area contributed by atoms with E-state index in [0.717, 1.165) is 18.4 Å². The van der Waals surface area contributed by atoms with Crippen LogP contribution >= 0.6 is 0 Å². The quantitative estimate of drug-likeness (QED) is 0.743. The molecule has 3 aromatic rings. The van der Waals surface area contributed by atoms with Crippen molar-refractivity contribution in [3.8, 4) is 0 Å². The number of nitrogens with zero attached hydrogens (tertiary/aromatic N) is 3. The molecule has 26 heavy (non-hydrogen) atoms. The molecule has 2 amide bonds. The van der Waals surface area contributed by atoms with Crippen LogP contribution in [-0.2, 0) is 6.54 Å². The molecule has 0 saturated heterocycles.